The molecule has 0 N–H and O–H groups in total. The number of likely N-dealkylation sites (N-methyl/N-ethyl adjacent to an activating group) is 1. The Balaban J connectivity index is 1.83. The summed E-state index contributed by atoms with van der Waals surface area (Å²) < 4.78 is 9.15. The van der Waals surface area contributed by atoms with Gasteiger partial charge in [-0.1, -0.05) is 24.9 Å². The molecule has 1 saturated heterocycles. The normalized spacial score (nSPS) is 18.5. The van der Waals surface area contributed by atoms with Crippen LogP contribution in [0.15, 0.2) is 35.5 Å². The Hall–Kier alpha value is -3.16. The third kappa shape index (κ3) is 2.59. The average molecular weight is 382 g/mol. The number of ether oxygens (including phenoxy) is 1. The molecule has 1 atom stereocenters. The number of amidine groups is 1. The lowest BCUT2D eigenvalue weighted by Crippen LogP contribution is -2.63. The van der Waals surface area contributed by atoms with Gasteiger partial charge in [-0.05, 0) is 25.0 Å². The second-order valence-corrected chi connectivity index (χ2v) is 7.57. The number of rotatable bonds is 4. The SMILES string of the molecule is COc1cccc(-n2c(C)c[n+]3c2N=C2C3C(=O)N(CC(C)C)C(=O)N2C)c1. The van der Waals surface area contributed by atoms with Gasteiger partial charge in [0.25, 0.3) is 5.91 Å². The highest BCUT2D eigenvalue weighted by atomic mass is 16.5. The number of hydrogen-bond donors (Lipinski definition) is 0. The third-order valence-corrected chi connectivity index (χ3v) is 5.07. The number of aliphatic imine (C=N–C) groups is 1. The smallest absolute Gasteiger partial charge is 0.406 e. The number of aryl methyl sites for hydroxylation is 1. The van der Waals surface area contributed by atoms with Gasteiger partial charge in [0.05, 0.1) is 7.11 Å². The Labute approximate surface area is 163 Å². The molecule has 1 aromatic heterocycles. The van der Waals surface area contributed by atoms with Crippen LogP contribution in [0.25, 0.3) is 5.69 Å². The molecule has 1 fully saturated rings. The maximum atomic E-state index is 13.2. The van der Waals surface area contributed by atoms with Crippen LogP contribution in [0.3, 0.4) is 0 Å². The van der Waals surface area contributed by atoms with Crippen LogP contribution in [0, 0.1) is 12.8 Å². The van der Waals surface area contributed by atoms with Gasteiger partial charge in [0.1, 0.15) is 23.3 Å². The number of fused-ring (bicyclic) bond motifs is 3. The fourth-order valence-electron chi connectivity index (χ4n) is 3.79. The van der Waals surface area contributed by atoms with E-state index in [-0.39, 0.29) is 17.9 Å². The zero-order valence-corrected chi connectivity index (χ0v) is 16.7. The molecule has 0 spiro atoms. The monoisotopic (exact) mass is 382 g/mol. The van der Waals surface area contributed by atoms with Crippen molar-refractivity contribution in [2.45, 2.75) is 26.8 Å². The van der Waals surface area contributed by atoms with E-state index < -0.39 is 6.04 Å². The molecule has 2 aromatic rings. The number of hydrogen-bond acceptors (Lipinski definition) is 4. The minimum Gasteiger partial charge on any atom is -0.497 e. The van der Waals surface area contributed by atoms with Crippen LogP contribution in [-0.2, 0) is 4.79 Å². The second kappa shape index (κ2) is 6.47. The number of aromatic nitrogens is 2. The molecular weight excluding hydrogens is 358 g/mol. The number of nitrogens with zero attached hydrogens (tertiary/aromatic N) is 5. The van der Waals surface area contributed by atoms with E-state index in [4.69, 9.17) is 4.74 Å². The number of carbonyl (C=O) groups excluding carboxylic acids is 2. The van der Waals surface area contributed by atoms with Crippen molar-refractivity contribution in [2.24, 2.45) is 10.9 Å². The molecule has 2 aliphatic heterocycles. The first kappa shape index (κ1) is 18.2. The molecule has 1 aromatic carbocycles. The largest absolute Gasteiger partial charge is 0.497 e. The van der Waals surface area contributed by atoms with Crippen molar-refractivity contribution in [3.8, 4) is 11.4 Å². The Morgan fingerprint density at radius 2 is 2.04 bits per heavy atom. The van der Waals surface area contributed by atoms with Crippen molar-refractivity contribution in [1.82, 2.24) is 14.4 Å². The summed E-state index contributed by atoms with van der Waals surface area (Å²) in [6.45, 7) is 6.33. The summed E-state index contributed by atoms with van der Waals surface area (Å²) in [5.41, 5.74) is 1.82. The molecule has 8 heteroatoms. The number of urea groups is 1. The van der Waals surface area contributed by atoms with E-state index >= 15 is 0 Å². The van der Waals surface area contributed by atoms with Gasteiger partial charge in [-0.2, -0.15) is 4.57 Å². The fourth-order valence-corrected chi connectivity index (χ4v) is 3.79. The molecule has 0 bridgehead atoms. The molecule has 4 rings (SSSR count). The lowest BCUT2D eigenvalue weighted by atomic mass is 10.1. The zero-order chi connectivity index (χ0) is 20.2. The molecule has 3 heterocycles. The first-order valence-electron chi connectivity index (χ1n) is 9.29. The highest BCUT2D eigenvalue weighted by Gasteiger charge is 2.53. The van der Waals surface area contributed by atoms with E-state index in [0.29, 0.717) is 18.3 Å². The summed E-state index contributed by atoms with van der Waals surface area (Å²) in [5, 5.41) is 0. The fraction of sp³-hybridized carbons (Fsp3) is 0.400. The van der Waals surface area contributed by atoms with Crippen molar-refractivity contribution >= 4 is 23.7 Å². The maximum Gasteiger partial charge on any atom is 0.406 e. The van der Waals surface area contributed by atoms with Crippen LogP contribution < -0.4 is 9.30 Å². The van der Waals surface area contributed by atoms with Gasteiger partial charge in [-0.25, -0.2) is 9.36 Å². The first-order chi connectivity index (χ1) is 13.3. The van der Waals surface area contributed by atoms with Gasteiger partial charge in [-0.15, -0.1) is 0 Å². The summed E-state index contributed by atoms with van der Waals surface area (Å²) >= 11 is 0. The van der Waals surface area contributed by atoms with Crippen molar-refractivity contribution < 1.29 is 18.9 Å². The molecule has 28 heavy (non-hydrogen) atoms. The molecular formula is C20H24N5O3+. The van der Waals surface area contributed by atoms with Crippen molar-refractivity contribution in [1.29, 1.82) is 0 Å². The molecule has 0 saturated carbocycles. The van der Waals surface area contributed by atoms with Crippen LogP contribution in [0.5, 0.6) is 5.75 Å². The van der Waals surface area contributed by atoms with Crippen LogP contribution in [0.2, 0.25) is 0 Å². The highest BCUT2D eigenvalue weighted by molar-refractivity contribution is 6.19. The van der Waals surface area contributed by atoms with Gasteiger partial charge in [0.2, 0.25) is 11.9 Å². The van der Waals surface area contributed by atoms with Crippen molar-refractivity contribution in [3.63, 3.8) is 0 Å². The number of amides is 3. The summed E-state index contributed by atoms with van der Waals surface area (Å²) in [5.74, 6) is 1.77. The quantitative estimate of drug-likeness (QED) is 0.762. The Kier molecular flexibility index (Phi) is 4.21. The summed E-state index contributed by atoms with van der Waals surface area (Å²) in [4.78, 5) is 33.4. The predicted molar refractivity (Wildman–Crippen MR) is 103 cm³/mol. The molecule has 1 unspecified atom stereocenters. The van der Waals surface area contributed by atoms with Crippen LogP contribution in [0.4, 0.5) is 10.7 Å². The van der Waals surface area contributed by atoms with Gasteiger partial charge < -0.3 is 4.74 Å². The van der Waals surface area contributed by atoms with Crippen LogP contribution >= 0.6 is 0 Å². The molecule has 0 radical (unpaired) electrons. The standard InChI is InChI=1S/C20H24N5O3/c1-12(2)10-24-18(26)16-17(22(4)20(24)27)21-19-23(16)11-13(3)25(19)14-7-6-8-15(9-14)28-5/h6-9,11-12,16H,10H2,1-5H3/q+1. The van der Waals surface area contributed by atoms with Gasteiger partial charge in [-0.3, -0.25) is 14.6 Å². The Morgan fingerprint density at radius 1 is 1.29 bits per heavy atom. The van der Waals surface area contributed by atoms with Crippen molar-refractivity contribution in [3.05, 3.63) is 36.2 Å². The van der Waals surface area contributed by atoms with Gasteiger partial charge >= 0.3 is 12.0 Å². The summed E-state index contributed by atoms with van der Waals surface area (Å²) in [6, 6.07) is 6.70. The van der Waals surface area contributed by atoms with Gasteiger partial charge in [0.15, 0.2) is 0 Å². The molecule has 0 aliphatic carbocycles. The lowest BCUT2D eigenvalue weighted by molar-refractivity contribution is -0.676. The minimum absolute atomic E-state index is 0.189. The predicted octanol–water partition coefficient (Wildman–Crippen LogP) is 2.22. The number of benzene rings is 1. The van der Waals surface area contributed by atoms with E-state index in [1.807, 2.05) is 60.4 Å². The number of methoxy groups -OCH3 is 1. The molecule has 2 aliphatic rings. The van der Waals surface area contributed by atoms with E-state index in [0.717, 1.165) is 17.1 Å². The summed E-state index contributed by atoms with van der Waals surface area (Å²) in [6.07, 6.45) is 1.91. The lowest BCUT2D eigenvalue weighted by Gasteiger charge is -2.33. The summed E-state index contributed by atoms with van der Waals surface area (Å²) in [7, 11) is 3.29. The first-order valence-corrected chi connectivity index (χ1v) is 9.29. The number of imide groups is 1. The highest BCUT2D eigenvalue weighted by Crippen LogP contribution is 2.32. The van der Waals surface area contributed by atoms with Gasteiger partial charge in [0, 0.05) is 19.7 Å². The van der Waals surface area contributed by atoms with Crippen molar-refractivity contribution in [2.75, 3.05) is 20.7 Å². The van der Waals surface area contributed by atoms with Crippen LogP contribution in [0.1, 0.15) is 25.6 Å². The van der Waals surface area contributed by atoms with E-state index in [1.165, 1.54) is 9.80 Å². The topological polar surface area (TPSA) is 71.0 Å². The molecule has 146 valence electrons. The average Bonchev–Trinajstić information content (AvgIpc) is 3.17. The Morgan fingerprint density at radius 3 is 2.71 bits per heavy atom. The number of carbonyl (C=O) groups is 2. The molecule has 8 nitrogen and oxygen atoms in total. The second-order valence-electron chi connectivity index (χ2n) is 7.57. The molecule has 3 amide bonds. The third-order valence-electron chi connectivity index (χ3n) is 5.07. The van der Waals surface area contributed by atoms with Crippen LogP contribution in [-0.4, -0.2) is 52.8 Å². The minimum atomic E-state index is -0.623. The Bertz CT molecular complexity index is 1010. The van der Waals surface area contributed by atoms with E-state index in [9.17, 15) is 9.59 Å². The van der Waals surface area contributed by atoms with E-state index in [2.05, 4.69) is 4.99 Å². The zero-order valence-electron chi connectivity index (χ0n) is 16.7. The number of imidazole rings is 1. The maximum absolute atomic E-state index is 13.2. The van der Waals surface area contributed by atoms with E-state index in [1.54, 1.807) is 14.2 Å².